The summed E-state index contributed by atoms with van der Waals surface area (Å²) in [5.74, 6) is 0. The van der Waals surface area contributed by atoms with Crippen molar-refractivity contribution in [2.75, 3.05) is 6.54 Å². The molecule has 0 fully saturated rings. The van der Waals surface area contributed by atoms with Crippen molar-refractivity contribution in [2.45, 2.75) is 26.3 Å². The number of nitrogens with zero attached hydrogens (tertiary/aromatic N) is 1. The molecule has 0 aliphatic rings. The highest BCUT2D eigenvalue weighted by molar-refractivity contribution is 9.10. The number of aromatic nitrogens is 1. The average molecular weight is 325 g/mol. The number of thiophene rings is 1. The summed E-state index contributed by atoms with van der Waals surface area (Å²) in [6.45, 7) is 5.27. The topological polar surface area (TPSA) is 24.9 Å². The average Bonchev–Trinajstić information content (AvgIpc) is 2.77. The van der Waals surface area contributed by atoms with Crippen LogP contribution in [0.15, 0.2) is 33.6 Å². The number of pyridine rings is 1. The monoisotopic (exact) mass is 324 g/mol. The zero-order valence-electron chi connectivity index (χ0n) is 10.6. The first-order valence-corrected chi connectivity index (χ1v) is 7.83. The maximum absolute atomic E-state index is 4.51. The van der Waals surface area contributed by atoms with Gasteiger partial charge < -0.3 is 5.32 Å². The first-order chi connectivity index (χ1) is 8.72. The first-order valence-electron chi connectivity index (χ1n) is 6.10. The standard InChI is InChI=1S/C14H17BrN2S/c1-3-5-17-14(11-8-18-9-12(11)15)13-7-10(2)4-6-16-13/h4,6-9,14,17H,3,5H2,1-2H3. The number of halogens is 1. The quantitative estimate of drug-likeness (QED) is 0.886. The zero-order valence-corrected chi connectivity index (χ0v) is 13.0. The second kappa shape index (κ2) is 6.45. The Hall–Kier alpha value is -0.710. The highest BCUT2D eigenvalue weighted by Crippen LogP contribution is 2.31. The van der Waals surface area contributed by atoms with Crippen LogP contribution in [0.3, 0.4) is 0 Å². The summed E-state index contributed by atoms with van der Waals surface area (Å²) in [4.78, 5) is 4.51. The molecule has 2 aromatic heterocycles. The van der Waals surface area contributed by atoms with E-state index in [0.717, 1.165) is 23.1 Å². The van der Waals surface area contributed by atoms with Gasteiger partial charge in [-0.15, -0.1) is 0 Å². The van der Waals surface area contributed by atoms with Gasteiger partial charge in [0.1, 0.15) is 0 Å². The third-order valence-corrected chi connectivity index (χ3v) is 4.54. The molecule has 0 saturated carbocycles. The Morgan fingerprint density at radius 2 is 2.28 bits per heavy atom. The van der Waals surface area contributed by atoms with E-state index in [1.54, 1.807) is 11.3 Å². The first kappa shape index (κ1) is 13.7. The number of rotatable bonds is 5. The number of hydrogen-bond acceptors (Lipinski definition) is 3. The molecule has 0 aliphatic carbocycles. The van der Waals surface area contributed by atoms with Crippen molar-refractivity contribution >= 4 is 27.3 Å². The van der Waals surface area contributed by atoms with Crippen LogP contribution in [0.4, 0.5) is 0 Å². The predicted molar refractivity (Wildman–Crippen MR) is 81.1 cm³/mol. The van der Waals surface area contributed by atoms with Gasteiger partial charge in [-0.05, 0) is 64.5 Å². The molecule has 18 heavy (non-hydrogen) atoms. The van der Waals surface area contributed by atoms with Gasteiger partial charge in [0.25, 0.3) is 0 Å². The van der Waals surface area contributed by atoms with Crippen LogP contribution >= 0.6 is 27.3 Å². The highest BCUT2D eigenvalue weighted by Gasteiger charge is 2.18. The Morgan fingerprint density at radius 3 is 2.89 bits per heavy atom. The van der Waals surface area contributed by atoms with Crippen LogP contribution in [0.5, 0.6) is 0 Å². The molecule has 0 aromatic carbocycles. The van der Waals surface area contributed by atoms with Crippen LogP contribution in [-0.4, -0.2) is 11.5 Å². The van der Waals surface area contributed by atoms with E-state index in [1.165, 1.54) is 11.1 Å². The molecule has 0 aliphatic heterocycles. The molecule has 2 nitrogen and oxygen atoms in total. The van der Waals surface area contributed by atoms with Crippen LogP contribution in [-0.2, 0) is 0 Å². The maximum atomic E-state index is 4.51. The van der Waals surface area contributed by atoms with Gasteiger partial charge in [-0.1, -0.05) is 6.92 Å². The lowest BCUT2D eigenvalue weighted by atomic mass is 10.1. The normalized spacial score (nSPS) is 12.6. The Morgan fingerprint density at radius 1 is 1.44 bits per heavy atom. The van der Waals surface area contributed by atoms with E-state index >= 15 is 0 Å². The van der Waals surface area contributed by atoms with Crippen LogP contribution in [0.1, 0.15) is 36.2 Å². The van der Waals surface area contributed by atoms with Crippen LogP contribution < -0.4 is 5.32 Å². The van der Waals surface area contributed by atoms with E-state index in [-0.39, 0.29) is 6.04 Å². The van der Waals surface area contributed by atoms with Crippen LogP contribution in [0.2, 0.25) is 0 Å². The number of hydrogen-bond donors (Lipinski definition) is 1. The van der Waals surface area contributed by atoms with Gasteiger partial charge in [-0.2, -0.15) is 11.3 Å². The van der Waals surface area contributed by atoms with Gasteiger partial charge >= 0.3 is 0 Å². The van der Waals surface area contributed by atoms with Crippen molar-refractivity contribution in [2.24, 2.45) is 0 Å². The molecule has 2 rings (SSSR count). The molecule has 96 valence electrons. The van der Waals surface area contributed by atoms with Gasteiger partial charge in [-0.25, -0.2) is 0 Å². The Balaban J connectivity index is 2.33. The number of aryl methyl sites for hydroxylation is 1. The van der Waals surface area contributed by atoms with Gasteiger partial charge in [-0.3, -0.25) is 4.98 Å². The van der Waals surface area contributed by atoms with Gasteiger partial charge in [0, 0.05) is 16.0 Å². The summed E-state index contributed by atoms with van der Waals surface area (Å²) in [5.41, 5.74) is 3.60. The molecule has 0 amide bonds. The molecule has 2 aromatic rings. The molecular formula is C14H17BrN2S. The van der Waals surface area contributed by atoms with E-state index in [2.05, 4.69) is 56.9 Å². The van der Waals surface area contributed by atoms with Gasteiger partial charge in [0.05, 0.1) is 11.7 Å². The molecule has 1 atom stereocenters. The fraction of sp³-hybridized carbons (Fsp3) is 0.357. The summed E-state index contributed by atoms with van der Waals surface area (Å²) >= 11 is 5.33. The lowest BCUT2D eigenvalue weighted by Crippen LogP contribution is -2.24. The van der Waals surface area contributed by atoms with Crippen molar-refractivity contribution < 1.29 is 0 Å². The number of nitrogens with one attached hydrogen (secondary N) is 1. The molecule has 2 heterocycles. The SMILES string of the molecule is CCCNC(c1cc(C)ccn1)c1cscc1Br. The molecule has 0 spiro atoms. The lowest BCUT2D eigenvalue weighted by molar-refractivity contribution is 0.586. The Bertz CT molecular complexity index is 510. The van der Waals surface area contributed by atoms with Gasteiger partial charge in [0.2, 0.25) is 0 Å². The van der Waals surface area contributed by atoms with Gasteiger partial charge in [0.15, 0.2) is 0 Å². The summed E-state index contributed by atoms with van der Waals surface area (Å²) < 4.78 is 1.16. The van der Waals surface area contributed by atoms with Crippen molar-refractivity contribution in [1.29, 1.82) is 0 Å². The van der Waals surface area contributed by atoms with Crippen molar-refractivity contribution in [3.05, 3.63) is 50.4 Å². The lowest BCUT2D eigenvalue weighted by Gasteiger charge is -2.18. The van der Waals surface area contributed by atoms with E-state index < -0.39 is 0 Å². The van der Waals surface area contributed by atoms with Crippen LogP contribution in [0, 0.1) is 6.92 Å². The predicted octanol–water partition coefficient (Wildman–Crippen LogP) is 4.30. The summed E-state index contributed by atoms with van der Waals surface area (Å²) in [5, 5.41) is 7.87. The summed E-state index contributed by atoms with van der Waals surface area (Å²) in [6, 6.07) is 4.35. The summed E-state index contributed by atoms with van der Waals surface area (Å²) in [6.07, 6.45) is 3.00. The molecular weight excluding hydrogens is 308 g/mol. The molecule has 0 bridgehead atoms. The minimum atomic E-state index is 0.172. The molecule has 0 radical (unpaired) electrons. The minimum absolute atomic E-state index is 0.172. The third kappa shape index (κ3) is 3.19. The van der Waals surface area contributed by atoms with Crippen molar-refractivity contribution in [3.63, 3.8) is 0 Å². The maximum Gasteiger partial charge on any atom is 0.0770 e. The van der Waals surface area contributed by atoms with Crippen molar-refractivity contribution in [1.82, 2.24) is 10.3 Å². The molecule has 0 saturated heterocycles. The minimum Gasteiger partial charge on any atom is -0.305 e. The largest absolute Gasteiger partial charge is 0.305 e. The van der Waals surface area contributed by atoms with Crippen LogP contribution in [0.25, 0.3) is 0 Å². The van der Waals surface area contributed by atoms with Crippen molar-refractivity contribution in [3.8, 4) is 0 Å². The second-order valence-electron chi connectivity index (χ2n) is 4.32. The molecule has 1 unspecified atom stereocenters. The van der Waals surface area contributed by atoms with E-state index in [4.69, 9.17) is 0 Å². The van der Waals surface area contributed by atoms with E-state index in [1.807, 2.05) is 12.3 Å². The molecule has 4 heteroatoms. The summed E-state index contributed by atoms with van der Waals surface area (Å²) in [7, 11) is 0. The third-order valence-electron chi connectivity index (χ3n) is 2.78. The highest BCUT2D eigenvalue weighted by atomic mass is 79.9. The van der Waals surface area contributed by atoms with E-state index in [9.17, 15) is 0 Å². The van der Waals surface area contributed by atoms with E-state index in [0.29, 0.717) is 0 Å². The fourth-order valence-corrected chi connectivity index (χ4v) is 3.43. The fourth-order valence-electron chi connectivity index (χ4n) is 1.88. The Labute approximate surface area is 121 Å². The Kier molecular flexibility index (Phi) is 4.92. The zero-order chi connectivity index (χ0) is 13.0. The second-order valence-corrected chi connectivity index (χ2v) is 5.92. The smallest absolute Gasteiger partial charge is 0.0770 e. The molecule has 1 N–H and O–H groups in total.